The Morgan fingerprint density at radius 2 is 1.61 bits per heavy atom. The molecule has 1 aliphatic heterocycles. The van der Waals surface area contributed by atoms with Crippen molar-refractivity contribution >= 4 is 0 Å². The van der Waals surface area contributed by atoms with Crippen molar-refractivity contribution < 1.29 is 4.74 Å². The van der Waals surface area contributed by atoms with Crippen molar-refractivity contribution in [3.63, 3.8) is 0 Å². The third-order valence-electron chi connectivity index (χ3n) is 8.37. The van der Waals surface area contributed by atoms with Crippen molar-refractivity contribution in [1.29, 1.82) is 0 Å². The zero-order valence-corrected chi connectivity index (χ0v) is 18.3. The van der Waals surface area contributed by atoms with Crippen molar-refractivity contribution in [2.75, 3.05) is 20.2 Å². The van der Waals surface area contributed by atoms with E-state index < -0.39 is 0 Å². The van der Waals surface area contributed by atoms with Crippen molar-refractivity contribution in [2.24, 2.45) is 5.41 Å². The zero-order chi connectivity index (χ0) is 20.8. The van der Waals surface area contributed by atoms with Crippen molar-refractivity contribution in [2.45, 2.75) is 43.6 Å². The van der Waals surface area contributed by atoms with Crippen LogP contribution in [0.15, 0.2) is 78.9 Å². The molecule has 4 aliphatic rings. The van der Waals surface area contributed by atoms with Gasteiger partial charge in [-0.3, -0.25) is 4.90 Å². The molecule has 31 heavy (non-hydrogen) atoms. The molecule has 2 fully saturated rings. The minimum atomic E-state index is 0.441. The fourth-order valence-corrected chi connectivity index (χ4v) is 6.97. The van der Waals surface area contributed by atoms with Gasteiger partial charge in [-0.15, -0.1) is 0 Å². The van der Waals surface area contributed by atoms with Gasteiger partial charge in [-0.1, -0.05) is 66.7 Å². The van der Waals surface area contributed by atoms with Gasteiger partial charge in [-0.25, -0.2) is 0 Å². The van der Waals surface area contributed by atoms with Crippen molar-refractivity contribution in [1.82, 2.24) is 4.90 Å². The molecule has 2 bridgehead atoms. The van der Waals surface area contributed by atoms with E-state index in [9.17, 15) is 0 Å². The van der Waals surface area contributed by atoms with Crippen LogP contribution < -0.4 is 4.74 Å². The van der Waals surface area contributed by atoms with Gasteiger partial charge in [0.1, 0.15) is 5.75 Å². The lowest BCUT2D eigenvalue weighted by molar-refractivity contribution is 0.101. The molecule has 3 aliphatic carbocycles. The Bertz CT molecular complexity index is 1060. The molecule has 3 aromatic rings. The van der Waals surface area contributed by atoms with E-state index in [2.05, 4.69) is 83.8 Å². The Hall–Kier alpha value is -2.58. The highest BCUT2D eigenvalue weighted by Crippen LogP contribution is 2.65. The summed E-state index contributed by atoms with van der Waals surface area (Å²) in [5.41, 5.74) is 6.63. The summed E-state index contributed by atoms with van der Waals surface area (Å²) in [5, 5.41) is 0. The van der Waals surface area contributed by atoms with Gasteiger partial charge in [0.15, 0.2) is 0 Å². The molecule has 158 valence electrons. The minimum absolute atomic E-state index is 0.441. The van der Waals surface area contributed by atoms with Crippen LogP contribution in [0.5, 0.6) is 5.75 Å². The highest BCUT2D eigenvalue weighted by atomic mass is 16.5. The first-order chi connectivity index (χ1) is 15.3. The third-order valence-corrected chi connectivity index (χ3v) is 8.37. The highest BCUT2D eigenvalue weighted by Gasteiger charge is 2.55. The summed E-state index contributed by atoms with van der Waals surface area (Å²) in [6.07, 6.45) is 3.95. The number of hydrogen-bond acceptors (Lipinski definition) is 2. The number of likely N-dealkylation sites (tertiary alicyclic amines) is 1. The molecule has 0 N–H and O–H groups in total. The van der Waals surface area contributed by atoms with Gasteiger partial charge in [0, 0.05) is 13.1 Å². The van der Waals surface area contributed by atoms with Crippen LogP contribution in [0.3, 0.4) is 0 Å². The lowest BCUT2D eigenvalue weighted by Crippen LogP contribution is -2.44. The lowest BCUT2D eigenvalue weighted by Gasteiger charge is -2.54. The Morgan fingerprint density at radius 1 is 0.871 bits per heavy atom. The van der Waals surface area contributed by atoms with Gasteiger partial charge < -0.3 is 4.74 Å². The molecule has 2 heteroatoms. The zero-order valence-electron chi connectivity index (χ0n) is 18.3. The quantitative estimate of drug-likeness (QED) is 0.498. The highest BCUT2D eigenvalue weighted by molar-refractivity contribution is 5.46. The molecule has 1 saturated heterocycles. The predicted octanol–water partition coefficient (Wildman–Crippen LogP) is 6.35. The molecule has 0 aromatic heterocycles. The van der Waals surface area contributed by atoms with Gasteiger partial charge >= 0.3 is 0 Å². The molecule has 1 saturated carbocycles. The average molecular weight is 410 g/mol. The van der Waals surface area contributed by atoms with Gasteiger partial charge in [-0.05, 0) is 83.4 Å². The maximum Gasteiger partial charge on any atom is 0.118 e. The second-order valence-electron chi connectivity index (χ2n) is 9.92. The maximum absolute atomic E-state index is 5.41. The van der Waals surface area contributed by atoms with Gasteiger partial charge in [-0.2, -0.15) is 0 Å². The van der Waals surface area contributed by atoms with Crippen LogP contribution >= 0.6 is 0 Å². The van der Waals surface area contributed by atoms with E-state index in [4.69, 9.17) is 4.74 Å². The molecule has 2 nitrogen and oxygen atoms in total. The Morgan fingerprint density at radius 3 is 2.39 bits per heavy atom. The predicted molar refractivity (Wildman–Crippen MR) is 126 cm³/mol. The van der Waals surface area contributed by atoms with E-state index in [0.717, 1.165) is 12.3 Å². The summed E-state index contributed by atoms with van der Waals surface area (Å²) < 4.78 is 5.41. The summed E-state index contributed by atoms with van der Waals surface area (Å²) >= 11 is 0. The Balaban J connectivity index is 1.30. The third kappa shape index (κ3) is 3.20. The average Bonchev–Trinajstić information content (AvgIpc) is 3.22. The fraction of sp³-hybridized carbons (Fsp3) is 0.379. The largest absolute Gasteiger partial charge is 0.497 e. The number of fused-ring (bicyclic) bond motifs is 1. The molecular formula is C29H31NO. The molecule has 7 rings (SSSR count). The number of benzene rings is 3. The topological polar surface area (TPSA) is 12.5 Å². The molecule has 1 heterocycles. The van der Waals surface area contributed by atoms with E-state index in [1.807, 2.05) is 0 Å². The van der Waals surface area contributed by atoms with Crippen LogP contribution in [-0.2, 0) is 6.54 Å². The van der Waals surface area contributed by atoms with Crippen molar-refractivity contribution in [3.05, 3.63) is 101 Å². The first-order valence-electron chi connectivity index (χ1n) is 11.7. The van der Waals surface area contributed by atoms with Crippen LogP contribution in [0.25, 0.3) is 0 Å². The van der Waals surface area contributed by atoms with E-state index in [1.165, 1.54) is 43.5 Å². The second-order valence-corrected chi connectivity index (χ2v) is 9.92. The molecule has 1 spiro atoms. The summed E-state index contributed by atoms with van der Waals surface area (Å²) in [7, 11) is 1.75. The first-order valence-corrected chi connectivity index (χ1v) is 11.7. The number of methoxy groups -OCH3 is 1. The van der Waals surface area contributed by atoms with Crippen LogP contribution in [0.1, 0.15) is 59.3 Å². The summed E-state index contributed by atoms with van der Waals surface area (Å²) in [6, 6.07) is 29.2. The van der Waals surface area contributed by atoms with Crippen LogP contribution in [0, 0.1) is 5.41 Å². The standard InChI is InChI=1S/C29H31NO/c1-31-23-13-11-22(12-14-23)26-17-28-25-10-6-5-9-24(25)27(26)18-29(28)15-16-30(20-29)19-21-7-3-2-4-8-21/h2-14,26-28H,15-20H2,1H3/t26-,27-,28-,29+/m1/s1. The summed E-state index contributed by atoms with van der Waals surface area (Å²) in [6.45, 7) is 3.56. The number of rotatable bonds is 4. The number of nitrogens with zero attached hydrogens (tertiary/aromatic N) is 1. The molecular weight excluding hydrogens is 378 g/mol. The van der Waals surface area contributed by atoms with Crippen LogP contribution in [-0.4, -0.2) is 25.1 Å². The summed E-state index contributed by atoms with van der Waals surface area (Å²) in [4.78, 5) is 2.71. The van der Waals surface area contributed by atoms with E-state index in [-0.39, 0.29) is 0 Å². The lowest BCUT2D eigenvalue weighted by atomic mass is 9.49. The molecule has 0 radical (unpaired) electrons. The minimum Gasteiger partial charge on any atom is -0.497 e. The Labute approximate surface area is 185 Å². The van der Waals surface area contributed by atoms with E-state index >= 15 is 0 Å². The molecule has 3 aromatic carbocycles. The monoisotopic (exact) mass is 409 g/mol. The second kappa shape index (κ2) is 7.53. The smallest absolute Gasteiger partial charge is 0.118 e. The molecule has 4 atom stereocenters. The SMILES string of the molecule is COc1ccc([C@H]2C[C@@H]3c4ccccc4[C@H]2C[C@]32CCN(Cc3ccccc3)C2)cc1. The Kier molecular flexibility index (Phi) is 4.65. The summed E-state index contributed by atoms with van der Waals surface area (Å²) in [5.74, 6) is 2.88. The maximum atomic E-state index is 5.41. The first kappa shape index (κ1) is 19.1. The van der Waals surface area contributed by atoms with E-state index in [0.29, 0.717) is 23.2 Å². The van der Waals surface area contributed by atoms with Gasteiger partial charge in [0.2, 0.25) is 0 Å². The van der Waals surface area contributed by atoms with E-state index in [1.54, 1.807) is 18.2 Å². The molecule has 0 amide bonds. The number of hydrogen-bond donors (Lipinski definition) is 0. The number of ether oxygens (including phenoxy) is 1. The van der Waals surface area contributed by atoms with Crippen LogP contribution in [0.2, 0.25) is 0 Å². The van der Waals surface area contributed by atoms with Gasteiger partial charge in [0.05, 0.1) is 7.11 Å². The van der Waals surface area contributed by atoms with Gasteiger partial charge in [0.25, 0.3) is 0 Å². The van der Waals surface area contributed by atoms with Crippen LogP contribution in [0.4, 0.5) is 0 Å². The van der Waals surface area contributed by atoms with Crippen molar-refractivity contribution in [3.8, 4) is 5.75 Å². The molecule has 0 unspecified atom stereocenters. The normalized spacial score (nSPS) is 29.3. The fourth-order valence-electron chi connectivity index (χ4n) is 6.97.